The molecule has 3 aromatic carbocycles. The zero-order chi connectivity index (χ0) is 22.8. The molecular weight excluding hydrogens is 404 g/mol. The number of carbonyl (C=O) groups is 1. The van der Waals surface area contributed by atoms with E-state index >= 15 is 0 Å². The summed E-state index contributed by atoms with van der Waals surface area (Å²) in [6, 6.07) is 22.8. The minimum absolute atomic E-state index is 0.119. The maximum absolute atomic E-state index is 13.6. The molecule has 0 spiro atoms. The Bertz CT molecular complexity index is 1010. The van der Waals surface area contributed by atoms with Crippen molar-refractivity contribution in [2.75, 3.05) is 27.3 Å². The zero-order valence-electron chi connectivity index (χ0n) is 18.6. The Morgan fingerprint density at radius 2 is 1.66 bits per heavy atom. The first-order valence-corrected chi connectivity index (χ1v) is 10.6. The summed E-state index contributed by atoms with van der Waals surface area (Å²) < 4.78 is 16.9. The molecule has 6 nitrogen and oxygen atoms in total. The molecule has 0 aromatic heterocycles. The minimum atomic E-state index is -0.119. The summed E-state index contributed by atoms with van der Waals surface area (Å²) in [5.41, 5.74) is 8.16. The van der Waals surface area contributed by atoms with Gasteiger partial charge >= 0.3 is 0 Å². The van der Waals surface area contributed by atoms with Crippen LogP contribution in [-0.2, 0) is 13.2 Å². The molecule has 0 bridgehead atoms. The number of ether oxygens (including phenoxy) is 3. The molecule has 0 unspecified atom stereocenters. The Balaban J connectivity index is 1.85. The smallest absolute Gasteiger partial charge is 0.257 e. The number of hydrogen-bond donors (Lipinski definition) is 1. The first-order valence-electron chi connectivity index (χ1n) is 10.6. The van der Waals surface area contributed by atoms with Crippen LogP contribution < -0.4 is 19.9 Å². The summed E-state index contributed by atoms with van der Waals surface area (Å²) in [5, 5.41) is 0. The van der Waals surface area contributed by atoms with Gasteiger partial charge in [0.2, 0.25) is 0 Å². The van der Waals surface area contributed by atoms with Crippen LogP contribution in [-0.4, -0.2) is 38.1 Å². The molecule has 0 aliphatic carbocycles. The third-order valence-electron chi connectivity index (χ3n) is 5.12. The lowest BCUT2D eigenvalue weighted by atomic mass is 10.1. The number of nitrogens with zero attached hydrogens (tertiary/aromatic N) is 1. The molecule has 0 aliphatic heterocycles. The largest absolute Gasteiger partial charge is 0.497 e. The Hall–Kier alpha value is -3.51. The van der Waals surface area contributed by atoms with Gasteiger partial charge in [0.25, 0.3) is 5.91 Å². The van der Waals surface area contributed by atoms with E-state index in [-0.39, 0.29) is 5.91 Å². The summed E-state index contributed by atoms with van der Waals surface area (Å²) in [6.45, 7) is 1.76. The molecule has 3 aromatic rings. The number of rotatable bonds is 11. The lowest BCUT2D eigenvalue weighted by Gasteiger charge is -2.25. The average molecular weight is 435 g/mol. The Morgan fingerprint density at radius 1 is 0.906 bits per heavy atom. The Kier molecular flexibility index (Phi) is 8.52. The van der Waals surface area contributed by atoms with Crippen LogP contribution >= 0.6 is 0 Å². The number of para-hydroxylation sites is 1. The number of nitrogens with two attached hydrogens (primary N) is 1. The first kappa shape index (κ1) is 23.2. The molecule has 0 saturated carbocycles. The van der Waals surface area contributed by atoms with Crippen molar-refractivity contribution in [1.82, 2.24) is 4.90 Å². The van der Waals surface area contributed by atoms with Crippen LogP contribution in [0.25, 0.3) is 0 Å². The first-order chi connectivity index (χ1) is 15.7. The average Bonchev–Trinajstić information content (AvgIpc) is 2.85. The van der Waals surface area contributed by atoms with Crippen LogP contribution in [0.5, 0.6) is 17.2 Å². The van der Waals surface area contributed by atoms with E-state index in [1.54, 1.807) is 25.2 Å². The highest BCUT2D eigenvalue weighted by Gasteiger charge is 2.21. The molecular formula is C26H30N2O4. The van der Waals surface area contributed by atoms with Crippen molar-refractivity contribution in [2.45, 2.75) is 19.6 Å². The number of methoxy groups -OCH3 is 2. The van der Waals surface area contributed by atoms with Crippen LogP contribution in [0.1, 0.15) is 27.9 Å². The highest BCUT2D eigenvalue weighted by atomic mass is 16.5. The highest BCUT2D eigenvalue weighted by Crippen LogP contribution is 2.27. The summed E-state index contributed by atoms with van der Waals surface area (Å²) in [5.74, 6) is 1.84. The molecule has 6 heteroatoms. The van der Waals surface area contributed by atoms with Gasteiger partial charge in [-0.05, 0) is 48.9 Å². The van der Waals surface area contributed by atoms with Gasteiger partial charge in [0.05, 0.1) is 19.8 Å². The molecule has 168 valence electrons. The quantitative estimate of drug-likeness (QED) is 0.488. The second-order valence-electron chi connectivity index (χ2n) is 7.32. The molecule has 0 fully saturated rings. The fourth-order valence-electron chi connectivity index (χ4n) is 3.42. The number of benzene rings is 3. The third kappa shape index (κ3) is 6.02. The molecule has 1 amide bonds. The molecule has 0 aliphatic rings. The van der Waals surface area contributed by atoms with Crippen LogP contribution in [0.15, 0.2) is 72.8 Å². The molecule has 2 N–H and O–H groups in total. The third-order valence-corrected chi connectivity index (χ3v) is 5.12. The summed E-state index contributed by atoms with van der Waals surface area (Å²) in [4.78, 5) is 15.3. The van der Waals surface area contributed by atoms with Crippen molar-refractivity contribution < 1.29 is 19.0 Å². The van der Waals surface area contributed by atoms with Gasteiger partial charge in [-0.1, -0.05) is 42.5 Å². The van der Waals surface area contributed by atoms with Crippen LogP contribution in [0.2, 0.25) is 0 Å². The second kappa shape index (κ2) is 11.8. The standard InChI is InChI=1S/C26H30N2O4/c1-30-22-13-14-24(31-2)21(17-22)18-28(16-8-15-27)26(29)23-11-6-7-12-25(23)32-19-20-9-4-3-5-10-20/h3-7,9-14,17H,8,15-16,18-19,27H2,1-2H3. The van der Waals surface area contributed by atoms with Crippen molar-refractivity contribution in [3.05, 3.63) is 89.5 Å². The molecule has 0 saturated heterocycles. The van der Waals surface area contributed by atoms with Gasteiger partial charge in [-0.2, -0.15) is 0 Å². The van der Waals surface area contributed by atoms with Crippen molar-refractivity contribution in [3.8, 4) is 17.2 Å². The molecule has 3 rings (SSSR count). The van der Waals surface area contributed by atoms with Gasteiger partial charge in [-0.15, -0.1) is 0 Å². The fraction of sp³-hybridized carbons (Fsp3) is 0.269. The van der Waals surface area contributed by atoms with E-state index < -0.39 is 0 Å². The SMILES string of the molecule is COc1ccc(OC)c(CN(CCCN)C(=O)c2ccccc2OCc2ccccc2)c1. The lowest BCUT2D eigenvalue weighted by Crippen LogP contribution is -2.33. The number of amides is 1. The van der Waals surface area contributed by atoms with Gasteiger partial charge in [0.15, 0.2) is 0 Å². The van der Waals surface area contributed by atoms with E-state index in [1.165, 1.54) is 0 Å². The van der Waals surface area contributed by atoms with Gasteiger partial charge in [0, 0.05) is 18.7 Å². The van der Waals surface area contributed by atoms with Gasteiger partial charge < -0.3 is 24.8 Å². The van der Waals surface area contributed by atoms with Gasteiger partial charge in [0.1, 0.15) is 23.9 Å². The van der Waals surface area contributed by atoms with Gasteiger partial charge in [-0.25, -0.2) is 0 Å². The maximum atomic E-state index is 13.6. The van der Waals surface area contributed by atoms with E-state index in [4.69, 9.17) is 19.9 Å². The Labute approximate surface area is 189 Å². The summed E-state index contributed by atoms with van der Waals surface area (Å²) >= 11 is 0. The predicted octanol–water partition coefficient (Wildman–Crippen LogP) is 4.27. The maximum Gasteiger partial charge on any atom is 0.257 e. The molecule has 0 radical (unpaired) electrons. The summed E-state index contributed by atoms with van der Waals surface area (Å²) in [6.07, 6.45) is 0.686. The van der Waals surface area contributed by atoms with Crippen LogP contribution in [0, 0.1) is 0 Å². The van der Waals surface area contributed by atoms with Crippen molar-refractivity contribution in [2.24, 2.45) is 5.73 Å². The molecule has 32 heavy (non-hydrogen) atoms. The lowest BCUT2D eigenvalue weighted by molar-refractivity contribution is 0.0736. The van der Waals surface area contributed by atoms with E-state index in [0.717, 1.165) is 11.1 Å². The van der Waals surface area contributed by atoms with Crippen molar-refractivity contribution >= 4 is 5.91 Å². The zero-order valence-corrected chi connectivity index (χ0v) is 18.6. The monoisotopic (exact) mass is 434 g/mol. The normalized spacial score (nSPS) is 10.5. The van der Waals surface area contributed by atoms with Crippen LogP contribution in [0.3, 0.4) is 0 Å². The highest BCUT2D eigenvalue weighted by molar-refractivity contribution is 5.97. The van der Waals surface area contributed by atoms with Crippen LogP contribution in [0.4, 0.5) is 0 Å². The Morgan fingerprint density at radius 3 is 2.38 bits per heavy atom. The second-order valence-corrected chi connectivity index (χ2v) is 7.32. The molecule has 0 atom stereocenters. The van der Waals surface area contributed by atoms with E-state index in [0.29, 0.717) is 55.5 Å². The minimum Gasteiger partial charge on any atom is -0.497 e. The van der Waals surface area contributed by atoms with Crippen molar-refractivity contribution in [1.29, 1.82) is 0 Å². The molecule has 0 heterocycles. The predicted molar refractivity (Wildman–Crippen MR) is 125 cm³/mol. The van der Waals surface area contributed by atoms with E-state index in [1.807, 2.05) is 66.7 Å². The number of hydrogen-bond acceptors (Lipinski definition) is 5. The fourth-order valence-corrected chi connectivity index (χ4v) is 3.42. The van der Waals surface area contributed by atoms with Crippen molar-refractivity contribution in [3.63, 3.8) is 0 Å². The van der Waals surface area contributed by atoms with E-state index in [2.05, 4.69) is 0 Å². The van der Waals surface area contributed by atoms with E-state index in [9.17, 15) is 4.79 Å². The summed E-state index contributed by atoms with van der Waals surface area (Å²) in [7, 11) is 3.23. The van der Waals surface area contributed by atoms with Gasteiger partial charge in [-0.3, -0.25) is 4.79 Å². The number of carbonyl (C=O) groups excluding carboxylic acids is 1. The topological polar surface area (TPSA) is 74.0 Å².